The minimum absolute atomic E-state index is 0.113. The second-order valence-electron chi connectivity index (χ2n) is 18.8. The van der Waals surface area contributed by atoms with Crippen LogP contribution in [0.15, 0.2) is 91.3 Å². The summed E-state index contributed by atoms with van der Waals surface area (Å²) in [7, 11) is 1.68. The number of rotatable bonds is 14. The summed E-state index contributed by atoms with van der Waals surface area (Å²) in [6.45, 7) is 10.8. The molecule has 10 nitrogen and oxygen atoms in total. The van der Waals surface area contributed by atoms with E-state index in [2.05, 4.69) is 58.2 Å². The summed E-state index contributed by atoms with van der Waals surface area (Å²) in [5.41, 5.74) is 8.15. The van der Waals surface area contributed by atoms with Crippen molar-refractivity contribution in [1.29, 1.82) is 0 Å². The Hall–Kier alpha value is -5.03. The standard InChI is InChI=1S/C52H61ClN6O4/c1-35(34-63-47-17-23-54-45-12-6-8-36(2)48(45)47)28-39-30-38-15-14-37(29-44(38)51(39)18-20-52(21-19-51,50(60)61)57-41-10-7-9-40(53)31-41)32-58-24-26-59(27-25-58)33-42-16-22-55-49(56-42)43-11-4-5-13-46(43)62-3/h4-5,7,9-11,13-17,22-23,29,31,35-36,39,57H,6,8,12,18-21,24-28,30,32-34H2,1-3H3,(H,60,61)/t35-,36-,39?,51?,52?/m1/s1. The molecule has 5 aromatic rings. The molecule has 1 unspecified atom stereocenters. The summed E-state index contributed by atoms with van der Waals surface area (Å²) in [4.78, 5) is 32.4. The van der Waals surface area contributed by atoms with Crippen LogP contribution < -0.4 is 14.8 Å². The van der Waals surface area contributed by atoms with Gasteiger partial charge in [-0.25, -0.2) is 14.8 Å². The van der Waals surface area contributed by atoms with Crippen molar-refractivity contribution < 1.29 is 19.4 Å². The van der Waals surface area contributed by atoms with Crippen LogP contribution in [0.25, 0.3) is 11.4 Å². The van der Waals surface area contributed by atoms with Gasteiger partial charge in [0.2, 0.25) is 0 Å². The third kappa shape index (κ3) is 9.18. The lowest BCUT2D eigenvalue weighted by Crippen LogP contribution is -2.53. The maximum absolute atomic E-state index is 13.2. The van der Waals surface area contributed by atoms with Gasteiger partial charge < -0.3 is 19.9 Å². The Morgan fingerprint density at radius 1 is 0.921 bits per heavy atom. The van der Waals surface area contributed by atoms with E-state index in [1.807, 2.05) is 67.0 Å². The highest BCUT2D eigenvalue weighted by Gasteiger charge is 2.54. The number of aliphatic carboxylic acids is 1. The zero-order valence-electron chi connectivity index (χ0n) is 37.0. The Morgan fingerprint density at radius 2 is 1.70 bits per heavy atom. The number of ether oxygens (including phenoxy) is 2. The first-order valence-electron chi connectivity index (χ1n) is 23.0. The van der Waals surface area contributed by atoms with Crippen LogP contribution in [0.4, 0.5) is 5.69 Å². The SMILES string of the molecule is COc1ccccc1-c1nccc(CN2CCN(Cc3ccc4c(c3)C3(CCC(Nc5cccc(Cl)c5)(C(=O)O)CC3)C(C[C@@H](C)COc3ccnc5c3[C@H](C)CCC5)C4)CC2)n1. The van der Waals surface area contributed by atoms with E-state index < -0.39 is 11.5 Å². The van der Waals surface area contributed by atoms with Gasteiger partial charge >= 0.3 is 5.97 Å². The molecule has 3 aliphatic carbocycles. The zero-order chi connectivity index (χ0) is 43.6. The molecule has 0 radical (unpaired) electrons. The molecule has 3 heterocycles. The Labute approximate surface area is 377 Å². The topological polar surface area (TPSA) is 113 Å². The first-order valence-corrected chi connectivity index (χ1v) is 23.4. The van der Waals surface area contributed by atoms with E-state index in [-0.39, 0.29) is 5.41 Å². The van der Waals surface area contributed by atoms with E-state index in [4.69, 9.17) is 31.0 Å². The van der Waals surface area contributed by atoms with Crippen LogP contribution in [0.2, 0.25) is 5.02 Å². The summed E-state index contributed by atoms with van der Waals surface area (Å²) < 4.78 is 12.2. The first-order chi connectivity index (χ1) is 30.6. The fourth-order valence-corrected chi connectivity index (χ4v) is 11.5. The van der Waals surface area contributed by atoms with E-state index in [0.717, 1.165) is 99.8 Å². The average molecular weight is 870 g/mol. The highest BCUT2D eigenvalue weighted by atomic mass is 35.5. The molecule has 0 amide bonds. The molecule has 1 spiro atoms. The minimum atomic E-state index is -1.06. The number of carboxylic acid groups (broad SMARTS) is 1. The van der Waals surface area contributed by atoms with Gasteiger partial charge in [0.15, 0.2) is 5.82 Å². The molecule has 4 aliphatic rings. The van der Waals surface area contributed by atoms with E-state index >= 15 is 0 Å². The molecule has 3 atom stereocenters. The Morgan fingerprint density at radius 3 is 2.48 bits per heavy atom. The van der Waals surface area contributed by atoms with Crippen molar-refractivity contribution >= 4 is 23.3 Å². The monoisotopic (exact) mass is 868 g/mol. The van der Waals surface area contributed by atoms with Gasteiger partial charge in [-0.2, -0.15) is 0 Å². The third-order valence-corrected chi connectivity index (χ3v) is 14.9. The molecular formula is C52H61ClN6O4. The number of pyridine rings is 1. The zero-order valence-corrected chi connectivity index (χ0v) is 37.7. The van der Waals surface area contributed by atoms with Crippen LogP contribution >= 0.6 is 11.6 Å². The lowest BCUT2D eigenvalue weighted by Gasteiger charge is -2.47. The molecular weight excluding hydrogens is 808 g/mol. The quantitative estimate of drug-likeness (QED) is 0.112. The van der Waals surface area contributed by atoms with Gasteiger partial charge in [-0.05, 0) is 140 Å². The molecule has 330 valence electrons. The molecule has 2 aromatic heterocycles. The van der Waals surface area contributed by atoms with Crippen molar-refractivity contribution in [1.82, 2.24) is 24.8 Å². The second kappa shape index (κ2) is 18.6. The molecule has 11 heteroatoms. The Bertz CT molecular complexity index is 2410. The number of hydrogen-bond acceptors (Lipinski definition) is 9. The highest BCUT2D eigenvalue weighted by molar-refractivity contribution is 6.30. The van der Waals surface area contributed by atoms with Crippen LogP contribution in [0.3, 0.4) is 0 Å². The third-order valence-electron chi connectivity index (χ3n) is 14.7. The minimum Gasteiger partial charge on any atom is -0.496 e. The smallest absolute Gasteiger partial charge is 0.329 e. The number of methoxy groups -OCH3 is 1. The lowest BCUT2D eigenvalue weighted by atomic mass is 9.59. The lowest BCUT2D eigenvalue weighted by molar-refractivity contribution is -0.144. The van der Waals surface area contributed by atoms with Gasteiger partial charge in [-0.1, -0.05) is 61.8 Å². The molecule has 2 N–H and O–H groups in total. The Balaban J connectivity index is 0.898. The Kier molecular flexibility index (Phi) is 12.8. The van der Waals surface area contributed by atoms with Gasteiger partial charge in [-0.3, -0.25) is 14.8 Å². The predicted octanol–water partition coefficient (Wildman–Crippen LogP) is 9.98. The number of aromatic nitrogens is 3. The number of nitrogens with one attached hydrogen (secondary N) is 1. The number of halogens is 1. The van der Waals surface area contributed by atoms with Crippen LogP contribution in [-0.4, -0.2) is 81.3 Å². The van der Waals surface area contributed by atoms with E-state index in [1.54, 1.807) is 7.11 Å². The second-order valence-corrected chi connectivity index (χ2v) is 19.2. The molecule has 0 bridgehead atoms. The number of anilines is 1. The summed E-state index contributed by atoms with van der Waals surface area (Å²) in [6.07, 6.45) is 11.8. The van der Waals surface area contributed by atoms with Gasteiger partial charge in [0, 0.05) is 73.6 Å². The predicted molar refractivity (Wildman–Crippen MR) is 249 cm³/mol. The summed E-state index contributed by atoms with van der Waals surface area (Å²) >= 11 is 6.36. The van der Waals surface area contributed by atoms with Crippen LogP contribution in [-0.2, 0) is 36.1 Å². The van der Waals surface area contributed by atoms with Crippen molar-refractivity contribution in [3.63, 3.8) is 0 Å². The van der Waals surface area contributed by atoms with Gasteiger partial charge in [0.1, 0.15) is 17.0 Å². The summed E-state index contributed by atoms with van der Waals surface area (Å²) in [5, 5.41) is 14.9. The molecule has 1 saturated heterocycles. The first kappa shape index (κ1) is 43.2. The molecule has 1 saturated carbocycles. The van der Waals surface area contributed by atoms with Crippen LogP contribution in [0, 0.1) is 11.8 Å². The fraction of sp³-hybridized carbons (Fsp3) is 0.462. The van der Waals surface area contributed by atoms with Crippen LogP contribution in [0.5, 0.6) is 11.5 Å². The number of hydrogen-bond donors (Lipinski definition) is 2. The maximum Gasteiger partial charge on any atom is 0.329 e. The molecule has 2 fully saturated rings. The van der Waals surface area contributed by atoms with E-state index in [1.165, 1.54) is 40.8 Å². The normalized spacial score (nSPS) is 24.1. The number of fused-ring (bicyclic) bond motifs is 3. The molecule has 9 rings (SSSR count). The average Bonchev–Trinajstić information content (AvgIpc) is 3.58. The number of carbonyl (C=O) groups is 1. The van der Waals surface area contributed by atoms with Gasteiger partial charge in [0.25, 0.3) is 0 Å². The fourth-order valence-electron chi connectivity index (χ4n) is 11.3. The van der Waals surface area contributed by atoms with Crippen molar-refractivity contribution in [2.24, 2.45) is 11.8 Å². The largest absolute Gasteiger partial charge is 0.496 e. The molecule has 3 aromatic carbocycles. The number of aryl methyl sites for hydroxylation is 1. The van der Waals surface area contributed by atoms with Crippen molar-refractivity contribution in [2.45, 2.75) is 102 Å². The van der Waals surface area contributed by atoms with Crippen molar-refractivity contribution in [2.75, 3.05) is 45.2 Å². The van der Waals surface area contributed by atoms with Gasteiger partial charge in [-0.15, -0.1) is 0 Å². The van der Waals surface area contributed by atoms with Crippen molar-refractivity contribution in [3.05, 3.63) is 130 Å². The highest BCUT2D eigenvalue weighted by Crippen LogP contribution is 2.56. The summed E-state index contributed by atoms with van der Waals surface area (Å²) in [6, 6.07) is 26.6. The number of nitrogens with zero attached hydrogens (tertiary/aromatic N) is 5. The molecule has 63 heavy (non-hydrogen) atoms. The summed E-state index contributed by atoms with van der Waals surface area (Å²) in [5.74, 6) is 2.82. The number of carboxylic acids is 1. The number of para-hydroxylation sites is 1. The molecule has 1 aliphatic heterocycles. The maximum atomic E-state index is 13.2. The van der Waals surface area contributed by atoms with E-state index in [0.29, 0.717) is 48.0 Å². The van der Waals surface area contributed by atoms with Gasteiger partial charge in [0.05, 0.1) is 25.0 Å². The number of piperazine rings is 1. The number of benzene rings is 3. The van der Waals surface area contributed by atoms with Crippen molar-refractivity contribution in [3.8, 4) is 22.9 Å². The van der Waals surface area contributed by atoms with Crippen LogP contribution in [0.1, 0.15) is 98.4 Å². The van der Waals surface area contributed by atoms with E-state index in [9.17, 15) is 9.90 Å².